The SMILES string of the molecule is O=C(O)/C=C/c1cc(F)cc(N2CCC3CCCCC32)c1. The molecule has 1 saturated heterocycles. The summed E-state index contributed by atoms with van der Waals surface area (Å²) in [5, 5.41) is 8.69. The van der Waals surface area contributed by atoms with E-state index >= 15 is 0 Å². The van der Waals surface area contributed by atoms with Crippen molar-refractivity contribution in [3.63, 3.8) is 0 Å². The van der Waals surface area contributed by atoms with Crippen molar-refractivity contribution < 1.29 is 14.3 Å². The minimum atomic E-state index is -1.02. The predicted octanol–water partition coefficient (Wildman–Crippen LogP) is 3.69. The van der Waals surface area contributed by atoms with Crippen LogP contribution in [0.2, 0.25) is 0 Å². The van der Waals surface area contributed by atoms with Gasteiger partial charge in [0.1, 0.15) is 5.82 Å². The Bertz CT molecular complexity index is 570. The fraction of sp³-hybridized carbons (Fsp3) is 0.471. The average molecular weight is 289 g/mol. The van der Waals surface area contributed by atoms with Crippen molar-refractivity contribution in [2.75, 3.05) is 11.4 Å². The zero-order valence-electron chi connectivity index (χ0n) is 12.0. The molecule has 0 aromatic heterocycles. The molecule has 21 heavy (non-hydrogen) atoms. The van der Waals surface area contributed by atoms with Crippen LogP contribution in [-0.2, 0) is 4.79 Å². The molecule has 3 nitrogen and oxygen atoms in total. The van der Waals surface area contributed by atoms with E-state index in [2.05, 4.69) is 4.90 Å². The number of aliphatic carboxylic acids is 1. The van der Waals surface area contributed by atoms with E-state index in [9.17, 15) is 9.18 Å². The van der Waals surface area contributed by atoms with Crippen LogP contribution in [0.25, 0.3) is 6.08 Å². The first-order chi connectivity index (χ1) is 10.1. The molecule has 2 aliphatic rings. The second-order valence-electron chi connectivity index (χ2n) is 6.01. The summed E-state index contributed by atoms with van der Waals surface area (Å²) in [5.74, 6) is -0.592. The van der Waals surface area contributed by atoms with Gasteiger partial charge in [-0.3, -0.25) is 0 Å². The summed E-state index contributed by atoms with van der Waals surface area (Å²) in [4.78, 5) is 12.9. The molecule has 1 N–H and O–H groups in total. The molecular formula is C17H20FNO2. The second-order valence-corrected chi connectivity index (χ2v) is 6.01. The molecule has 1 heterocycles. The van der Waals surface area contributed by atoms with Crippen LogP contribution in [0, 0.1) is 11.7 Å². The quantitative estimate of drug-likeness (QED) is 0.863. The van der Waals surface area contributed by atoms with Gasteiger partial charge in [-0.25, -0.2) is 9.18 Å². The number of nitrogens with zero attached hydrogens (tertiary/aromatic N) is 1. The standard InChI is InChI=1S/C17H20FNO2/c18-14-9-12(5-6-17(20)21)10-15(11-14)19-8-7-13-3-1-2-4-16(13)19/h5-6,9-11,13,16H,1-4,7-8H2,(H,20,21)/b6-5+. The van der Waals surface area contributed by atoms with Crippen LogP contribution in [0.15, 0.2) is 24.3 Å². The number of carboxylic acid groups (broad SMARTS) is 1. The summed E-state index contributed by atoms with van der Waals surface area (Å²) in [6.45, 7) is 0.973. The van der Waals surface area contributed by atoms with Crippen LogP contribution in [0.3, 0.4) is 0 Å². The Kier molecular flexibility index (Phi) is 3.95. The van der Waals surface area contributed by atoms with Crippen LogP contribution < -0.4 is 4.90 Å². The van der Waals surface area contributed by atoms with Crippen LogP contribution >= 0.6 is 0 Å². The van der Waals surface area contributed by atoms with E-state index in [0.717, 1.165) is 24.2 Å². The van der Waals surface area contributed by atoms with Gasteiger partial charge in [0.15, 0.2) is 0 Å². The zero-order chi connectivity index (χ0) is 14.8. The number of halogens is 1. The van der Waals surface area contributed by atoms with E-state index in [1.165, 1.54) is 44.2 Å². The average Bonchev–Trinajstić information content (AvgIpc) is 2.88. The number of fused-ring (bicyclic) bond motifs is 1. The minimum absolute atomic E-state index is 0.309. The third-order valence-corrected chi connectivity index (χ3v) is 4.66. The van der Waals surface area contributed by atoms with Gasteiger partial charge >= 0.3 is 5.97 Å². The lowest BCUT2D eigenvalue weighted by molar-refractivity contribution is -0.131. The Balaban J connectivity index is 1.86. The van der Waals surface area contributed by atoms with Gasteiger partial charge < -0.3 is 10.0 Å². The summed E-state index contributed by atoms with van der Waals surface area (Å²) < 4.78 is 13.8. The summed E-state index contributed by atoms with van der Waals surface area (Å²) >= 11 is 0. The van der Waals surface area contributed by atoms with E-state index in [0.29, 0.717) is 11.6 Å². The number of carboxylic acids is 1. The van der Waals surface area contributed by atoms with Crippen LogP contribution in [0.5, 0.6) is 0 Å². The summed E-state index contributed by atoms with van der Waals surface area (Å²) in [6.07, 6.45) is 8.70. The molecule has 1 saturated carbocycles. The van der Waals surface area contributed by atoms with Crippen molar-refractivity contribution in [2.24, 2.45) is 5.92 Å². The van der Waals surface area contributed by atoms with Gasteiger partial charge in [0.25, 0.3) is 0 Å². The molecule has 0 spiro atoms. The van der Waals surface area contributed by atoms with E-state index in [1.54, 1.807) is 6.07 Å². The molecule has 0 bridgehead atoms. The fourth-order valence-corrected chi connectivity index (χ4v) is 3.75. The van der Waals surface area contributed by atoms with Gasteiger partial charge in [0.2, 0.25) is 0 Å². The molecule has 2 fully saturated rings. The molecule has 1 aromatic carbocycles. The summed E-state index contributed by atoms with van der Waals surface area (Å²) in [7, 11) is 0. The van der Waals surface area contributed by atoms with Gasteiger partial charge in [-0.2, -0.15) is 0 Å². The molecule has 0 amide bonds. The Morgan fingerprint density at radius 2 is 2.05 bits per heavy atom. The number of anilines is 1. The van der Waals surface area contributed by atoms with Gasteiger partial charge in [-0.15, -0.1) is 0 Å². The van der Waals surface area contributed by atoms with E-state index in [-0.39, 0.29) is 5.82 Å². The third kappa shape index (κ3) is 3.09. The zero-order valence-corrected chi connectivity index (χ0v) is 12.0. The maximum atomic E-state index is 13.8. The van der Waals surface area contributed by atoms with Crippen molar-refractivity contribution >= 4 is 17.7 Å². The monoisotopic (exact) mass is 289 g/mol. The number of hydrogen-bond donors (Lipinski definition) is 1. The Morgan fingerprint density at radius 3 is 2.86 bits per heavy atom. The largest absolute Gasteiger partial charge is 0.478 e. The van der Waals surface area contributed by atoms with E-state index in [4.69, 9.17) is 5.11 Å². The first kappa shape index (κ1) is 14.1. The second kappa shape index (κ2) is 5.88. The highest BCUT2D eigenvalue weighted by molar-refractivity contribution is 5.85. The lowest BCUT2D eigenvalue weighted by Crippen LogP contribution is -2.34. The van der Waals surface area contributed by atoms with Gasteiger partial charge in [0.05, 0.1) is 0 Å². The number of rotatable bonds is 3. The summed E-state index contributed by atoms with van der Waals surface area (Å²) in [5.41, 5.74) is 1.49. The van der Waals surface area contributed by atoms with Gasteiger partial charge in [-0.1, -0.05) is 12.8 Å². The smallest absolute Gasteiger partial charge is 0.328 e. The Labute approximate surface area is 124 Å². The fourth-order valence-electron chi connectivity index (χ4n) is 3.75. The van der Waals surface area contributed by atoms with Crippen molar-refractivity contribution in [3.05, 3.63) is 35.7 Å². The first-order valence-electron chi connectivity index (χ1n) is 7.62. The highest BCUT2D eigenvalue weighted by Gasteiger charge is 2.35. The van der Waals surface area contributed by atoms with Gasteiger partial charge in [0, 0.05) is 24.4 Å². The lowest BCUT2D eigenvalue weighted by atomic mass is 9.85. The first-order valence-corrected chi connectivity index (χ1v) is 7.62. The predicted molar refractivity (Wildman–Crippen MR) is 80.8 cm³/mol. The topological polar surface area (TPSA) is 40.5 Å². The molecule has 1 aliphatic carbocycles. The molecular weight excluding hydrogens is 269 g/mol. The molecule has 2 unspecified atom stereocenters. The Hall–Kier alpha value is -1.84. The van der Waals surface area contributed by atoms with Crippen molar-refractivity contribution in [2.45, 2.75) is 38.1 Å². The van der Waals surface area contributed by atoms with Crippen molar-refractivity contribution in [3.8, 4) is 0 Å². The van der Waals surface area contributed by atoms with Crippen LogP contribution in [-0.4, -0.2) is 23.7 Å². The van der Waals surface area contributed by atoms with Crippen LogP contribution in [0.4, 0.5) is 10.1 Å². The van der Waals surface area contributed by atoms with E-state index in [1.807, 2.05) is 6.07 Å². The molecule has 0 radical (unpaired) electrons. The van der Waals surface area contributed by atoms with Gasteiger partial charge in [-0.05, 0) is 55.0 Å². The van der Waals surface area contributed by atoms with E-state index < -0.39 is 5.97 Å². The van der Waals surface area contributed by atoms with Crippen LogP contribution in [0.1, 0.15) is 37.7 Å². The number of carbonyl (C=O) groups is 1. The highest BCUT2D eigenvalue weighted by Crippen LogP contribution is 2.39. The highest BCUT2D eigenvalue weighted by atomic mass is 19.1. The molecule has 3 rings (SSSR count). The van der Waals surface area contributed by atoms with Crippen molar-refractivity contribution in [1.82, 2.24) is 0 Å². The summed E-state index contributed by atoms with van der Waals surface area (Å²) in [6, 6.07) is 5.35. The van der Waals surface area contributed by atoms with Crippen molar-refractivity contribution in [1.29, 1.82) is 0 Å². The molecule has 1 aliphatic heterocycles. The third-order valence-electron chi connectivity index (χ3n) is 4.66. The molecule has 2 atom stereocenters. The normalized spacial score (nSPS) is 25.3. The maximum Gasteiger partial charge on any atom is 0.328 e. The lowest BCUT2D eigenvalue weighted by Gasteiger charge is -2.33. The number of hydrogen-bond acceptors (Lipinski definition) is 2. The maximum absolute atomic E-state index is 13.8. The molecule has 1 aromatic rings. The minimum Gasteiger partial charge on any atom is -0.478 e. The number of benzene rings is 1. The molecule has 4 heteroatoms. The Morgan fingerprint density at radius 1 is 1.24 bits per heavy atom. The molecule has 112 valence electrons.